The minimum Gasteiger partial charge on any atom is -0.480 e. The van der Waals surface area contributed by atoms with Gasteiger partial charge in [0.25, 0.3) is 0 Å². The fourth-order valence-corrected chi connectivity index (χ4v) is 4.09. The van der Waals surface area contributed by atoms with Crippen molar-refractivity contribution in [3.63, 3.8) is 0 Å². The van der Waals surface area contributed by atoms with Gasteiger partial charge in [-0.1, -0.05) is 68.5 Å². The first-order chi connectivity index (χ1) is 15.8. The highest BCUT2D eigenvalue weighted by Gasteiger charge is 2.30. The number of rotatable bonds is 10. The maximum atomic E-state index is 12.6. The van der Waals surface area contributed by atoms with Crippen LogP contribution in [0.1, 0.15) is 43.7 Å². The number of hydrogen-bond donors (Lipinski definition) is 3. The predicted molar refractivity (Wildman–Crippen MR) is 126 cm³/mol. The van der Waals surface area contributed by atoms with E-state index in [-0.39, 0.29) is 31.3 Å². The number of carboxylic acid groups (broad SMARTS) is 1. The van der Waals surface area contributed by atoms with E-state index >= 15 is 0 Å². The number of carbonyl (C=O) groups excluding carboxylic acids is 2. The van der Waals surface area contributed by atoms with Crippen LogP contribution in [-0.2, 0) is 14.3 Å². The lowest BCUT2D eigenvalue weighted by molar-refractivity contribution is -0.141. The minimum absolute atomic E-state index is 0.0528. The van der Waals surface area contributed by atoms with E-state index in [1.807, 2.05) is 50.2 Å². The SMILES string of the molecule is C=CCC(NC(=O)CC(NC(=O)OCC1c2ccccc2-c2ccccc21)C(C)C)C(=O)O. The van der Waals surface area contributed by atoms with Gasteiger partial charge < -0.3 is 20.5 Å². The van der Waals surface area contributed by atoms with Crippen molar-refractivity contribution in [3.05, 3.63) is 72.3 Å². The lowest BCUT2D eigenvalue weighted by atomic mass is 9.98. The molecule has 1 aliphatic rings. The highest BCUT2D eigenvalue weighted by Crippen LogP contribution is 2.44. The Kier molecular flexibility index (Phi) is 7.87. The average molecular weight is 451 g/mol. The summed E-state index contributed by atoms with van der Waals surface area (Å²) in [5, 5.41) is 14.4. The topological polar surface area (TPSA) is 105 Å². The molecule has 2 aromatic carbocycles. The average Bonchev–Trinajstić information content (AvgIpc) is 3.10. The van der Waals surface area contributed by atoms with E-state index in [1.165, 1.54) is 6.08 Å². The Morgan fingerprint density at radius 2 is 1.61 bits per heavy atom. The minimum atomic E-state index is -1.13. The van der Waals surface area contributed by atoms with Crippen molar-refractivity contribution in [1.29, 1.82) is 0 Å². The smallest absolute Gasteiger partial charge is 0.407 e. The summed E-state index contributed by atoms with van der Waals surface area (Å²) in [6.45, 7) is 7.44. The molecule has 0 saturated carbocycles. The lowest BCUT2D eigenvalue weighted by Gasteiger charge is -2.23. The van der Waals surface area contributed by atoms with Gasteiger partial charge in [0.05, 0.1) is 0 Å². The van der Waals surface area contributed by atoms with Crippen LogP contribution in [0.25, 0.3) is 11.1 Å². The summed E-state index contributed by atoms with van der Waals surface area (Å²) < 4.78 is 5.57. The number of amides is 2. The Morgan fingerprint density at radius 3 is 2.12 bits per heavy atom. The summed E-state index contributed by atoms with van der Waals surface area (Å²) >= 11 is 0. The number of ether oxygens (including phenoxy) is 1. The van der Waals surface area contributed by atoms with Crippen molar-refractivity contribution in [1.82, 2.24) is 10.6 Å². The van der Waals surface area contributed by atoms with Crippen LogP contribution in [0.3, 0.4) is 0 Å². The van der Waals surface area contributed by atoms with Gasteiger partial charge in [0.1, 0.15) is 12.6 Å². The summed E-state index contributed by atoms with van der Waals surface area (Å²) in [5.41, 5.74) is 4.53. The standard InChI is InChI=1S/C26H30N2O5/c1-4-9-22(25(30)31)27-24(29)14-23(16(2)3)28-26(32)33-15-21-19-12-7-5-10-17(19)18-11-6-8-13-20(18)21/h4-8,10-13,16,21-23H,1,9,14-15H2,2-3H3,(H,27,29)(H,28,32)(H,30,31). The molecule has 2 amide bonds. The fraction of sp³-hybridized carbons (Fsp3) is 0.346. The van der Waals surface area contributed by atoms with Crippen molar-refractivity contribution >= 4 is 18.0 Å². The Hall–Kier alpha value is -3.61. The molecule has 0 heterocycles. The molecule has 0 bridgehead atoms. The van der Waals surface area contributed by atoms with Crippen LogP contribution in [0.5, 0.6) is 0 Å². The molecule has 7 heteroatoms. The predicted octanol–water partition coefficient (Wildman–Crippen LogP) is 4.09. The largest absolute Gasteiger partial charge is 0.480 e. The molecule has 3 N–H and O–H groups in total. The van der Waals surface area contributed by atoms with Crippen LogP contribution in [0, 0.1) is 5.92 Å². The van der Waals surface area contributed by atoms with Crippen molar-refractivity contribution in [2.75, 3.05) is 6.61 Å². The van der Waals surface area contributed by atoms with Gasteiger partial charge in [-0.2, -0.15) is 0 Å². The summed E-state index contributed by atoms with van der Waals surface area (Å²) in [6.07, 6.45) is 0.897. The molecule has 3 rings (SSSR count). The normalized spacial score (nSPS) is 14.0. The molecular formula is C26H30N2O5. The van der Waals surface area contributed by atoms with Gasteiger partial charge in [-0.3, -0.25) is 4.79 Å². The Morgan fingerprint density at radius 1 is 1.03 bits per heavy atom. The van der Waals surface area contributed by atoms with E-state index in [2.05, 4.69) is 29.3 Å². The van der Waals surface area contributed by atoms with E-state index in [9.17, 15) is 19.5 Å². The van der Waals surface area contributed by atoms with Gasteiger partial charge in [-0.15, -0.1) is 6.58 Å². The molecule has 2 unspecified atom stereocenters. The van der Waals surface area contributed by atoms with Crippen molar-refractivity contribution in [2.45, 2.75) is 44.7 Å². The zero-order chi connectivity index (χ0) is 24.0. The van der Waals surface area contributed by atoms with Gasteiger partial charge in [0, 0.05) is 18.4 Å². The molecule has 2 atom stereocenters. The van der Waals surface area contributed by atoms with Crippen molar-refractivity contribution < 1.29 is 24.2 Å². The summed E-state index contributed by atoms with van der Waals surface area (Å²) in [5.74, 6) is -1.70. The van der Waals surface area contributed by atoms with Crippen molar-refractivity contribution in [2.24, 2.45) is 5.92 Å². The Bertz CT molecular complexity index is 987. The zero-order valence-electron chi connectivity index (χ0n) is 18.9. The summed E-state index contributed by atoms with van der Waals surface area (Å²) in [6, 6.07) is 14.6. The fourth-order valence-electron chi connectivity index (χ4n) is 4.09. The van der Waals surface area contributed by atoms with E-state index in [4.69, 9.17) is 4.74 Å². The van der Waals surface area contributed by atoms with Crippen LogP contribution in [0.15, 0.2) is 61.2 Å². The van der Waals surface area contributed by atoms with E-state index in [1.54, 1.807) is 0 Å². The first-order valence-electron chi connectivity index (χ1n) is 11.1. The highest BCUT2D eigenvalue weighted by atomic mass is 16.5. The maximum Gasteiger partial charge on any atom is 0.407 e. The van der Waals surface area contributed by atoms with Crippen molar-refractivity contribution in [3.8, 4) is 11.1 Å². The van der Waals surface area contributed by atoms with Crippen LogP contribution in [0.2, 0.25) is 0 Å². The number of alkyl carbamates (subject to hydrolysis) is 1. The number of benzene rings is 2. The molecule has 174 valence electrons. The molecule has 1 aliphatic carbocycles. The number of aliphatic carboxylic acids is 1. The summed E-state index contributed by atoms with van der Waals surface area (Å²) in [4.78, 5) is 36.2. The van der Waals surface area contributed by atoms with Crippen LogP contribution < -0.4 is 10.6 Å². The van der Waals surface area contributed by atoms with Gasteiger partial charge >= 0.3 is 12.1 Å². The third kappa shape index (κ3) is 5.80. The maximum absolute atomic E-state index is 12.6. The van der Waals surface area contributed by atoms with E-state index < -0.39 is 30.1 Å². The molecule has 7 nitrogen and oxygen atoms in total. The quantitative estimate of drug-likeness (QED) is 0.473. The number of fused-ring (bicyclic) bond motifs is 3. The van der Waals surface area contributed by atoms with Crippen LogP contribution in [0.4, 0.5) is 4.79 Å². The van der Waals surface area contributed by atoms with E-state index in [0.717, 1.165) is 22.3 Å². The molecule has 0 saturated heterocycles. The molecule has 0 aromatic heterocycles. The zero-order valence-corrected chi connectivity index (χ0v) is 18.9. The third-order valence-corrected chi connectivity index (χ3v) is 5.89. The van der Waals surface area contributed by atoms with Gasteiger partial charge in [0.2, 0.25) is 5.91 Å². The number of carboxylic acids is 1. The number of carbonyl (C=O) groups is 3. The second kappa shape index (κ2) is 10.8. The first kappa shape index (κ1) is 24.0. The second-order valence-electron chi connectivity index (χ2n) is 8.51. The first-order valence-corrected chi connectivity index (χ1v) is 11.1. The molecule has 0 aliphatic heterocycles. The lowest BCUT2D eigenvalue weighted by Crippen LogP contribution is -2.46. The molecule has 2 aromatic rings. The molecule has 33 heavy (non-hydrogen) atoms. The van der Waals surface area contributed by atoms with Crippen LogP contribution in [-0.4, -0.2) is 41.8 Å². The number of nitrogens with one attached hydrogen (secondary N) is 2. The monoisotopic (exact) mass is 450 g/mol. The van der Waals surface area contributed by atoms with Gasteiger partial charge in [-0.25, -0.2) is 9.59 Å². The van der Waals surface area contributed by atoms with Gasteiger partial charge in [-0.05, 0) is 34.6 Å². The molecular weight excluding hydrogens is 420 g/mol. The summed E-state index contributed by atoms with van der Waals surface area (Å²) in [7, 11) is 0. The van der Waals surface area contributed by atoms with Crippen LogP contribution >= 0.6 is 0 Å². The third-order valence-electron chi connectivity index (χ3n) is 5.89. The Balaban J connectivity index is 1.60. The second-order valence-corrected chi connectivity index (χ2v) is 8.51. The molecule has 0 fully saturated rings. The highest BCUT2D eigenvalue weighted by molar-refractivity contribution is 5.84. The Labute approximate surface area is 193 Å². The number of hydrogen-bond acceptors (Lipinski definition) is 4. The van der Waals surface area contributed by atoms with Gasteiger partial charge in [0.15, 0.2) is 0 Å². The molecule has 0 spiro atoms. The molecule has 0 radical (unpaired) electrons. The van der Waals surface area contributed by atoms with E-state index in [0.29, 0.717) is 0 Å².